The van der Waals surface area contributed by atoms with Crippen LogP contribution in [0.1, 0.15) is 35.3 Å². The third-order valence-corrected chi connectivity index (χ3v) is 4.84. The molecule has 1 N–H and O–H groups in total. The highest BCUT2D eigenvalue weighted by molar-refractivity contribution is 6.11. The van der Waals surface area contributed by atoms with Gasteiger partial charge in [-0.1, -0.05) is 49.0 Å². The molecule has 0 spiro atoms. The first-order valence-electron chi connectivity index (χ1n) is 10.8. The molecule has 0 aliphatic carbocycles. The molecule has 3 aromatic rings. The molecule has 34 heavy (non-hydrogen) atoms. The van der Waals surface area contributed by atoms with Gasteiger partial charge >= 0.3 is 5.97 Å². The second-order valence-corrected chi connectivity index (χ2v) is 7.50. The highest BCUT2D eigenvalue weighted by atomic mass is 16.5. The number of nitrogens with zero attached hydrogens (tertiary/aromatic N) is 2. The van der Waals surface area contributed by atoms with Crippen molar-refractivity contribution >= 4 is 23.1 Å². The van der Waals surface area contributed by atoms with Crippen LogP contribution in [0, 0.1) is 0 Å². The van der Waals surface area contributed by atoms with Gasteiger partial charge < -0.3 is 14.6 Å². The molecule has 0 bridgehead atoms. The van der Waals surface area contributed by atoms with Crippen molar-refractivity contribution in [3.8, 4) is 11.5 Å². The molecule has 0 unspecified atom stereocenters. The summed E-state index contributed by atoms with van der Waals surface area (Å²) >= 11 is 0. The Morgan fingerprint density at radius 1 is 1.00 bits per heavy atom. The quantitative estimate of drug-likeness (QED) is 0.171. The molecule has 0 aromatic heterocycles. The van der Waals surface area contributed by atoms with E-state index in [0.29, 0.717) is 41.3 Å². The van der Waals surface area contributed by atoms with E-state index in [1.54, 1.807) is 43.3 Å². The highest BCUT2D eigenvalue weighted by Gasteiger charge is 2.18. The Morgan fingerprint density at radius 2 is 1.71 bits per heavy atom. The van der Waals surface area contributed by atoms with Gasteiger partial charge in [-0.25, -0.2) is 4.79 Å². The molecule has 0 aliphatic rings. The lowest BCUT2D eigenvalue weighted by atomic mass is 10.0. The lowest BCUT2D eigenvalue weighted by Crippen LogP contribution is -2.07. The van der Waals surface area contributed by atoms with Crippen LogP contribution in [0.25, 0.3) is 0 Å². The van der Waals surface area contributed by atoms with Gasteiger partial charge in [0.25, 0.3) is 0 Å². The van der Waals surface area contributed by atoms with E-state index in [0.717, 1.165) is 5.56 Å². The fourth-order valence-corrected chi connectivity index (χ4v) is 3.06. The molecule has 0 radical (unpaired) electrons. The van der Waals surface area contributed by atoms with Crippen molar-refractivity contribution in [2.75, 3.05) is 13.2 Å². The second-order valence-electron chi connectivity index (χ2n) is 7.50. The number of azo groups is 1. The molecule has 0 fully saturated rings. The number of aromatic hydroxyl groups is 1. The molecule has 0 amide bonds. The summed E-state index contributed by atoms with van der Waals surface area (Å²) in [5, 5.41) is 18.9. The minimum Gasteiger partial charge on any atom is -0.507 e. The van der Waals surface area contributed by atoms with Gasteiger partial charge in [-0.3, -0.25) is 4.79 Å². The molecule has 0 saturated carbocycles. The summed E-state index contributed by atoms with van der Waals surface area (Å²) in [6.45, 7) is 7.59. The van der Waals surface area contributed by atoms with Crippen LogP contribution in [0.15, 0.2) is 89.1 Å². The minimum atomic E-state index is -0.408. The monoisotopic (exact) mass is 458 g/mol. The van der Waals surface area contributed by atoms with Crippen LogP contribution in [-0.4, -0.2) is 30.1 Å². The predicted molar refractivity (Wildman–Crippen MR) is 129 cm³/mol. The molecular weight excluding hydrogens is 432 g/mol. The molecule has 7 heteroatoms. The first kappa shape index (κ1) is 24.4. The zero-order valence-electron chi connectivity index (χ0n) is 19.2. The molecule has 3 rings (SSSR count). The maximum Gasteiger partial charge on any atom is 0.333 e. The first-order chi connectivity index (χ1) is 16.4. The summed E-state index contributed by atoms with van der Waals surface area (Å²) in [4.78, 5) is 24.3. The van der Waals surface area contributed by atoms with Crippen molar-refractivity contribution in [3.63, 3.8) is 0 Å². The normalized spacial score (nSPS) is 10.8. The molecule has 3 aromatic carbocycles. The molecule has 0 aliphatic heterocycles. The average Bonchev–Trinajstić information content (AvgIpc) is 2.84. The lowest BCUT2D eigenvalue weighted by Gasteiger charge is -2.10. The van der Waals surface area contributed by atoms with Crippen LogP contribution in [0.4, 0.5) is 11.4 Å². The van der Waals surface area contributed by atoms with E-state index in [4.69, 9.17) is 9.47 Å². The predicted octanol–water partition coefficient (Wildman–Crippen LogP) is 6.10. The maximum atomic E-state index is 12.9. The van der Waals surface area contributed by atoms with E-state index >= 15 is 0 Å². The number of hydrogen-bond acceptors (Lipinski definition) is 7. The average molecular weight is 459 g/mol. The van der Waals surface area contributed by atoms with Gasteiger partial charge in [0.15, 0.2) is 11.5 Å². The summed E-state index contributed by atoms with van der Waals surface area (Å²) < 4.78 is 10.7. The summed E-state index contributed by atoms with van der Waals surface area (Å²) in [7, 11) is 0. The van der Waals surface area contributed by atoms with Crippen LogP contribution in [0.3, 0.4) is 0 Å². The van der Waals surface area contributed by atoms with Gasteiger partial charge in [0.2, 0.25) is 0 Å². The minimum absolute atomic E-state index is 0.114. The van der Waals surface area contributed by atoms with Gasteiger partial charge in [-0.2, -0.15) is 5.11 Å². The van der Waals surface area contributed by atoms with E-state index in [2.05, 4.69) is 16.8 Å². The van der Waals surface area contributed by atoms with E-state index in [1.807, 2.05) is 25.1 Å². The standard InChI is InChI=1S/C27H26N2O5/c1-4-33-25-17-24(30)22(26(31)20-8-6-5-7-9-20)16-23(25)29-28-21-12-10-19(11-13-21)14-15-34-27(32)18(2)3/h5-13,16-17,30H,2,4,14-15H2,1,3H3. The van der Waals surface area contributed by atoms with Crippen molar-refractivity contribution in [2.24, 2.45) is 10.2 Å². The number of phenols is 1. The fourth-order valence-electron chi connectivity index (χ4n) is 3.06. The summed E-state index contributed by atoms with van der Waals surface area (Å²) in [5.41, 5.74) is 2.83. The van der Waals surface area contributed by atoms with Crippen molar-refractivity contribution in [2.45, 2.75) is 20.3 Å². The summed E-state index contributed by atoms with van der Waals surface area (Å²) in [6.07, 6.45) is 0.563. The van der Waals surface area contributed by atoms with Crippen molar-refractivity contribution in [3.05, 3.63) is 95.6 Å². The highest BCUT2D eigenvalue weighted by Crippen LogP contribution is 2.36. The number of ether oxygens (including phenoxy) is 2. The van der Waals surface area contributed by atoms with Gasteiger partial charge in [0.1, 0.15) is 11.4 Å². The Balaban J connectivity index is 1.78. The number of phenolic OH excluding ortho intramolecular Hbond substituents is 1. The molecular formula is C27H26N2O5. The number of rotatable bonds is 10. The first-order valence-corrected chi connectivity index (χ1v) is 10.8. The number of carbonyl (C=O) groups excluding carboxylic acids is 2. The van der Waals surface area contributed by atoms with Crippen molar-refractivity contribution in [1.29, 1.82) is 0 Å². The van der Waals surface area contributed by atoms with Crippen LogP contribution >= 0.6 is 0 Å². The smallest absolute Gasteiger partial charge is 0.333 e. The van der Waals surface area contributed by atoms with Crippen LogP contribution in [-0.2, 0) is 16.0 Å². The maximum absolute atomic E-state index is 12.9. The largest absolute Gasteiger partial charge is 0.507 e. The van der Waals surface area contributed by atoms with Gasteiger partial charge in [0, 0.05) is 23.6 Å². The third-order valence-electron chi connectivity index (χ3n) is 4.84. The third kappa shape index (κ3) is 6.38. The molecule has 174 valence electrons. The Labute approximate surface area is 198 Å². The second kappa shape index (κ2) is 11.6. The Kier molecular flexibility index (Phi) is 8.29. The van der Waals surface area contributed by atoms with Crippen molar-refractivity contribution < 1.29 is 24.2 Å². The van der Waals surface area contributed by atoms with E-state index in [9.17, 15) is 14.7 Å². The van der Waals surface area contributed by atoms with E-state index < -0.39 is 5.97 Å². The molecule has 0 atom stereocenters. The Bertz CT molecular complexity index is 1200. The zero-order chi connectivity index (χ0) is 24.5. The van der Waals surface area contributed by atoms with Crippen LogP contribution in [0.5, 0.6) is 11.5 Å². The van der Waals surface area contributed by atoms with Gasteiger partial charge in [-0.15, -0.1) is 5.11 Å². The van der Waals surface area contributed by atoms with E-state index in [-0.39, 0.29) is 23.7 Å². The Morgan fingerprint density at radius 3 is 2.35 bits per heavy atom. The van der Waals surface area contributed by atoms with Crippen LogP contribution < -0.4 is 4.74 Å². The summed E-state index contributed by atoms with van der Waals surface area (Å²) in [6, 6.07) is 18.9. The zero-order valence-corrected chi connectivity index (χ0v) is 19.2. The Hall–Kier alpha value is -4.26. The number of ketones is 1. The lowest BCUT2D eigenvalue weighted by molar-refractivity contribution is -0.138. The van der Waals surface area contributed by atoms with Crippen LogP contribution in [0.2, 0.25) is 0 Å². The number of carbonyl (C=O) groups is 2. The SMILES string of the molecule is C=C(C)C(=O)OCCc1ccc(N=Nc2cc(C(=O)c3ccccc3)c(O)cc2OCC)cc1. The molecule has 0 heterocycles. The number of esters is 1. The summed E-state index contributed by atoms with van der Waals surface area (Å²) in [5.74, 6) is -0.596. The fraction of sp³-hybridized carbons (Fsp3) is 0.185. The van der Waals surface area contributed by atoms with Crippen molar-refractivity contribution in [1.82, 2.24) is 0 Å². The molecule has 0 saturated heterocycles. The van der Waals surface area contributed by atoms with E-state index in [1.165, 1.54) is 12.1 Å². The number of benzene rings is 3. The van der Waals surface area contributed by atoms with Gasteiger partial charge in [0.05, 0.1) is 24.5 Å². The van der Waals surface area contributed by atoms with Gasteiger partial charge in [-0.05, 0) is 37.6 Å². The number of hydrogen-bond donors (Lipinski definition) is 1. The molecule has 7 nitrogen and oxygen atoms in total. The topological polar surface area (TPSA) is 97.6 Å².